The first-order valence-corrected chi connectivity index (χ1v) is 8.18. The molecule has 1 aromatic carbocycles. The molecule has 1 fully saturated rings. The van der Waals surface area contributed by atoms with Crippen LogP contribution >= 0.6 is 0 Å². The zero-order valence-corrected chi connectivity index (χ0v) is 12.9. The molecule has 1 aromatic rings. The lowest BCUT2D eigenvalue weighted by atomic mass is 9.93. The Bertz CT molecular complexity index is 649. The average molecular weight is 321 g/mol. The van der Waals surface area contributed by atoms with Gasteiger partial charge in [0, 0.05) is 48.9 Å². The summed E-state index contributed by atoms with van der Waals surface area (Å²) < 4.78 is 33.3. The standard InChI is InChI=1S/C17H21F2N3O/c18-10-1-2-13(19)12(7-10)17-14(20)8-11(9-23-17)22-6-4-15-16(22)3-5-21-15/h1-2,7,11,14,17,21H,3-6,8-9,20H2/t11-,14+,17-/m1/s1. The van der Waals surface area contributed by atoms with E-state index < -0.39 is 17.7 Å². The Morgan fingerprint density at radius 2 is 2.13 bits per heavy atom. The summed E-state index contributed by atoms with van der Waals surface area (Å²) in [6, 6.07) is 3.31. The van der Waals surface area contributed by atoms with Crippen molar-refractivity contribution < 1.29 is 13.5 Å². The van der Waals surface area contributed by atoms with Gasteiger partial charge < -0.3 is 20.7 Å². The van der Waals surface area contributed by atoms with E-state index in [0.717, 1.165) is 44.5 Å². The second kappa shape index (κ2) is 5.76. The van der Waals surface area contributed by atoms with Crippen molar-refractivity contribution in [3.8, 4) is 0 Å². The van der Waals surface area contributed by atoms with Gasteiger partial charge in [0.2, 0.25) is 0 Å². The smallest absolute Gasteiger partial charge is 0.129 e. The molecule has 0 spiro atoms. The molecule has 0 saturated carbocycles. The summed E-state index contributed by atoms with van der Waals surface area (Å²) in [5, 5.41) is 3.42. The number of nitrogens with one attached hydrogen (secondary N) is 1. The summed E-state index contributed by atoms with van der Waals surface area (Å²) in [7, 11) is 0. The Balaban J connectivity index is 1.49. The third-order valence-electron chi connectivity index (χ3n) is 5.10. The molecule has 3 atom stereocenters. The number of hydrogen-bond donors (Lipinski definition) is 2. The highest BCUT2D eigenvalue weighted by Gasteiger charge is 2.38. The quantitative estimate of drug-likeness (QED) is 0.875. The van der Waals surface area contributed by atoms with Crippen molar-refractivity contribution in [2.75, 3.05) is 19.7 Å². The molecule has 23 heavy (non-hydrogen) atoms. The minimum Gasteiger partial charge on any atom is -0.387 e. The molecule has 6 heteroatoms. The predicted octanol–water partition coefficient (Wildman–Crippen LogP) is 2.03. The number of halogens is 2. The van der Waals surface area contributed by atoms with Gasteiger partial charge in [0.15, 0.2) is 0 Å². The Morgan fingerprint density at radius 1 is 1.26 bits per heavy atom. The molecule has 3 heterocycles. The molecule has 0 aromatic heterocycles. The summed E-state index contributed by atoms with van der Waals surface area (Å²) in [6.45, 7) is 2.47. The van der Waals surface area contributed by atoms with Crippen LogP contribution in [0.15, 0.2) is 29.6 Å². The van der Waals surface area contributed by atoms with Crippen LogP contribution in [0.3, 0.4) is 0 Å². The first kappa shape index (κ1) is 14.9. The maximum absolute atomic E-state index is 14.0. The van der Waals surface area contributed by atoms with E-state index in [9.17, 15) is 8.78 Å². The number of nitrogens with two attached hydrogens (primary N) is 1. The van der Waals surface area contributed by atoms with Crippen molar-refractivity contribution in [2.45, 2.75) is 37.5 Å². The van der Waals surface area contributed by atoms with Crippen molar-refractivity contribution in [3.05, 3.63) is 46.8 Å². The molecule has 4 nitrogen and oxygen atoms in total. The van der Waals surface area contributed by atoms with Crippen LogP contribution in [0, 0.1) is 11.6 Å². The van der Waals surface area contributed by atoms with Crippen molar-refractivity contribution in [2.24, 2.45) is 5.73 Å². The molecule has 1 saturated heterocycles. The zero-order chi connectivity index (χ0) is 16.0. The summed E-state index contributed by atoms with van der Waals surface area (Å²) in [4.78, 5) is 2.38. The maximum Gasteiger partial charge on any atom is 0.129 e. The van der Waals surface area contributed by atoms with E-state index in [0.29, 0.717) is 6.61 Å². The zero-order valence-electron chi connectivity index (χ0n) is 12.9. The lowest BCUT2D eigenvalue weighted by molar-refractivity contribution is -0.0432. The first-order chi connectivity index (χ1) is 11.1. The number of hydrogen-bond acceptors (Lipinski definition) is 4. The van der Waals surface area contributed by atoms with E-state index in [1.54, 1.807) is 0 Å². The largest absolute Gasteiger partial charge is 0.387 e. The van der Waals surface area contributed by atoms with Crippen LogP contribution in [0.5, 0.6) is 0 Å². The molecular formula is C17H21F2N3O. The van der Waals surface area contributed by atoms with Gasteiger partial charge in [-0.3, -0.25) is 0 Å². The molecule has 124 valence electrons. The number of nitrogens with zero attached hydrogens (tertiary/aromatic N) is 1. The Labute approximate surface area is 134 Å². The van der Waals surface area contributed by atoms with Crippen molar-refractivity contribution in [3.63, 3.8) is 0 Å². The van der Waals surface area contributed by atoms with E-state index in [4.69, 9.17) is 10.5 Å². The highest BCUT2D eigenvalue weighted by atomic mass is 19.1. The Kier molecular flexibility index (Phi) is 3.73. The second-order valence-corrected chi connectivity index (χ2v) is 6.52. The number of rotatable bonds is 2. The van der Waals surface area contributed by atoms with Gasteiger partial charge in [-0.05, 0) is 24.6 Å². The Morgan fingerprint density at radius 3 is 2.96 bits per heavy atom. The third-order valence-corrected chi connectivity index (χ3v) is 5.10. The minimum absolute atomic E-state index is 0.213. The molecule has 0 unspecified atom stereocenters. The highest BCUT2D eigenvalue weighted by molar-refractivity contribution is 5.25. The van der Waals surface area contributed by atoms with Gasteiger partial charge in [-0.2, -0.15) is 0 Å². The van der Waals surface area contributed by atoms with Gasteiger partial charge in [-0.1, -0.05) is 0 Å². The average Bonchev–Trinajstić information content (AvgIpc) is 3.13. The maximum atomic E-state index is 14.0. The lowest BCUT2D eigenvalue weighted by Crippen LogP contribution is -2.48. The number of benzene rings is 1. The van der Waals surface area contributed by atoms with Gasteiger partial charge in [-0.15, -0.1) is 0 Å². The van der Waals surface area contributed by atoms with Crippen LogP contribution in [0.25, 0.3) is 0 Å². The second-order valence-electron chi connectivity index (χ2n) is 6.52. The fourth-order valence-corrected chi connectivity index (χ4v) is 4.02. The molecule has 3 N–H and O–H groups in total. The summed E-state index contributed by atoms with van der Waals surface area (Å²) in [5.74, 6) is -0.929. The predicted molar refractivity (Wildman–Crippen MR) is 82.4 cm³/mol. The summed E-state index contributed by atoms with van der Waals surface area (Å²) >= 11 is 0. The van der Waals surface area contributed by atoms with Gasteiger partial charge in [0.1, 0.15) is 17.7 Å². The molecule has 0 radical (unpaired) electrons. The van der Waals surface area contributed by atoms with E-state index in [2.05, 4.69) is 10.2 Å². The van der Waals surface area contributed by atoms with Crippen LogP contribution in [-0.4, -0.2) is 36.7 Å². The van der Waals surface area contributed by atoms with Gasteiger partial charge in [0.25, 0.3) is 0 Å². The van der Waals surface area contributed by atoms with E-state index in [-0.39, 0.29) is 17.6 Å². The van der Waals surface area contributed by atoms with Crippen LogP contribution in [0.1, 0.15) is 30.9 Å². The summed E-state index contributed by atoms with van der Waals surface area (Å²) in [5.41, 5.74) is 9.20. The fraction of sp³-hybridized carbons (Fsp3) is 0.529. The molecule has 3 aliphatic rings. The van der Waals surface area contributed by atoms with Gasteiger partial charge in [0.05, 0.1) is 12.6 Å². The Hall–Kier alpha value is -1.66. The molecular weight excluding hydrogens is 300 g/mol. The summed E-state index contributed by atoms with van der Waals surface area (Å²) in [6.07, 6.45) is 2.23. The van der Waals surface area contributed by atoms with Crippen molar-refractivity contribution in [1.82, 2.24) is 10.2 Å². The minimum atomic E-state index is -0.584. The molecule has 4 rings (SSSR count). The number of ether oxygens (including phenoxy) is 1. The highest BCUT2D eigenvalue weighted by Crippen LogP contribution is 2.36. The van der Waals surface area contributed by atoms with E-state index in [1.165, 1.54) is 17.5 Å². The topological polar surface area (TPSA) is 50.5 Å². The van der Waals surface area contributed by atoms with Crippen molar-refractivity contribution in [1.29, 1.82) is 0 Å². The SMILES string of the molecule is N[C@H]1C[C@@H](N2CCC3=C2CCN3)CO[C@@H]1c1cc(F)ccc1F. The van der Waals surface area contributed by atoms with E-state index in [1.807, 2.05) is 0 Å². The molecule has 3 aliphatic heterocycles. The van der Waals surface area contributed by atoms with Gasteiger partial charge in [-0.25, -0.2) is 8.78 Å². The normalized spacial score (nSPS) is 30.6. The van der Waals surface area contributed by atoms with Crippen LogP contribution < -0.4 is 11.1 Å². The monoisotopic (exact) mass is 321 g/mol. The van der Waals surface area contributed by atoms with Crippen LogP contribution in [-0.2, 0) is 4.74 Å². The third kappa shape index (κ3) is 2.60. The van der Waals surface area contributed by atoms with Gasteiger partial charge >= 0.3 is 0 Å². The van der Waals surface area contributed by atoms with Crippen molar-refractivity contribution >= 4 is 0 Å². The molecule has 0 aliphatic carbocycles. The fourth-order valence-electron chi connectivity index (χ4n) is 4.02. The van der Waals surface area contributed by atoms with Crippen LogP contribution in [0.2, 0.25) is 0 Å². The van der Waals surface area contributed by atoms with Crippen LogP contribution in [0.4, 0.5) is 8.78 Å². The molecule has 0 amide bonds. The first-order valence-electron chi connectivity index (χ1n) is 8.18. The van der Waals surface area contributed by atoms with E-state index >= 15 is 0 Å². The lowest BCUT2D eigenvalue weighted by Gasteiger charge is -2.40. The molecule has 0 bridgehead atoms.